The highest BCUT2D eigenvalue weighted by Gasteiger charge is 2.15. The van der Waals surface area contributed by atoms with E-state index in [0.717, 1.165) is 5.13 Å². The van der Waals surface area contributed by atoms with Crippen LogP contribution in [0, 0.1) is 0 Å². The summed E-state index contributed by atoms with van der Waals surface area (Å²) in [6.45, 7) is 0. The molecule has 2 aromatic heterocycles. The molecule has 0 radical (unpaired) electrons. The predicted molar refractivity (Wildman–Crippen MR) is 75.5 cm³/mol. The number of nitrogen functional groups attached to an aromatic ring is 1. The topological polar surface area (TPSA) is 111 Å². The van der Waals surface area contributed by atoms with Gasteiger partial charge in [0.25, 0.3) is 5.91 Å². The summed E-state index contributed by atoms with van der Waals surface area (Å²) in [4.78, 5) is 17.3. The van der Waals surface area contributed by atoms with Gasteiger partial charge in [-0.05, 0) is 17.8 Å². The van der Waals surface area contributed by atoms with E-state index in [4.69, 9.17) is 11.5 Å². The third-order valence-corrected chi connectivity index (χ3v) is 4.26. The summed E-state index contributed by atoms with van der Waals surface area (Å²) < 4.78 is 0.684. The number of hydrogen-bond acceptors (Lipinski definition) is 8. The zero-order valence-corrected chi connectivity index (χ0v) is 12.0. The van der Waals surface area contributed by atoms with Crippen molar-refractivity contribution in [3.63, 3.8) is 0 Å². The van der Waals surface area contributed by atoms with E-state index in [1.54, 1.807) is 0 Å². The lowest BCUT2D eigenvalue weighted by Crippen LogP contribution is -2.13. The number of anilines is 2. The highest BCUT2D eigenvalue weighted by molar-refractivity contribution is 8.01. The number of primary amides is 1. The molecule has 0 atom stereocenters. The number of aromatic nitrogens is 3. The van der Waals surface area contributed by atoms with Crippen LogP contribution < -0.4 is 16.4 Å². The Morgan fingerprint density at radius 1 is 1.42 bits per heavy atom. The molecule has 0 aliphatic heterocycles. The number of carbonyl (C=O) groups is 1. The smallest absolute Gasteiger partial charge is 0.251 e. The number of carbonyl (C=O) groups excluding carboxylic acids is 1. The quantitative estimate of drug-likeness (QED) is 0.859. The van der Waals surface area contributed by atoms with Crippen LogP contribution in [0.3, 0.4) is 0 Å². The Morgan fingerprint density at radius 3 is 2.74 bits per heavy atom. The maximum absolute atomic E-state index is 11.4. The minimum absolute atomic E-state index is 0.284. The molecule has 0 aliphatic carbocycles. The van der Waals surface area contributed by atoms with Crippen molar-refractivity contribution in [1.29, 1.82) is 0 Å². The van der Waals surface area contributed by atoms with Crippen LogP contribution in [-0.4, -0.2) is 35.2 Å². The average molecular weight is 296 g/mol. The van der Waals surface area contributed by atoms with E-state index < -0.39 is 5.91 Å². The molecule has 1 amide bonds. The molecule has 0 spiro atoms. The van der Waals surface area contributed by atoms with Crippen LogP contribution in [0.2, 0.25) is 0 Å². The monoisotopic (exact) mass is 296 g/mol. The van der Waals surface area contributed by atoms with Gasteiger partial charge in [-0.15, -0.1) is 10.2 Å². The van der Waals surface area contributed by atoms with Crippen molar-refractivity contribution in [2.45, 2.75) is 9.37 Å². The Bertz CT molecular complexity index is 612. The lowest BCUT2D eigenvalue weighted by atomic mass is 10.2. The van der Waals surface area contributed by atoms with Gasteiger partial charge in [0.05, 0.1) is 17.4 Å². The van der Waals surface area contributed by atoms with Crippen LogP contribution >= 0.6 is 23.1 Å². The summed E-state index contributed by atoms with van der Waals surface area (Å²) in [5.41, 5.74) is 11.6. The van der Waals surface area contributed by atoms with Crippen molar-refractivity contribution >= 4 is 39.8 Å². The van der Waals surface area contributed by atoms with E-state index in [1.165, 1.54) is 35.4 Å². The van der Waals surface area contributed by atoms with Crippen LogP contribution in [-0.2, 0) is 0 Å². The summed E-state index contributed by atoms with van der Waals surface area (Å²) in [5, 5.41) is 9.28. The molecule has 4 N–H and O–H groups in total. The minimum Gasteiger partial charge on any atom is -0.397 e. The number of pyridine rings is 1. The molecular formula is C10H12N6OS2. The average Bonchev–Trinajstić information content (AvgIpc) is 2.80. The van der Waals surface area contributed by atoms with Gasteiger partial charge in [0.1, 0.15) is 5.03 Å². The molecule has 0 fully saturated rings. The molecule has 0 saturated carbocycles. The standard InChI is InChI=1S/C10H12N6OS2/c1-16(2)9-14-15-10(19-9)18-8-6(7(12)17)3-5(11)4-13-8/h3-4H,11H2,1-2H3,(H2,12,17). The molecule has 0 aliphatic rings. The molecule has 2 rings (SSSR count). The van der Waals surface area contributed by atoms with Gasteiger partial charge in [0.15, 0.2) is 4.34 Å². The van der Waals surface area contributed by atoms with Crippen molar-refractivity contribution in [3.8, 4) is 0 Å². The summed E-state index contributed by atoms with van der Waals surface area (Å²) >= 11 is 2.64. The van der Waals surface area contributed by atoms with Crippen molar-refractivity contribution in [1.82, 2.24) is 15.2 Å². The SMILES string of the molecule is CN(C)c1nnc(Sc2ncc(N)cc2C(N)=O)s1. The maximum Gasteiger partial charge on any atom is 0.251 e. The van der Waals surface area contributed by atoms with E-state index in [9.17, 15) is 4.79 Å². The van der Waals surface area contributed by atoms with Crippen molar-refractivity contribution in [2.24, 2.45) is 5.73 Å². The number of amides is 1. The van der Waals surface area contributed by atoms with Crippen LogP contribution in [0.1, 0.15) is 10.4 Å². The fourth-order valence-corrected chi connectivity index (χ4v) is 2.98. The largest absolute Gasteiger partial charge is 0.397 e. The van der Waals surface area contributed by atoms with Crippen LogP contribution in [0.25, 0.3) is 0 Å². The number of hydrogen-bond donors (Lipinski definition) is 2. The van der Waals surface area contributed by atoms with Gasteiger partial charge in [0, 0.05) is 14.1 Å². The van der Waals surface area contributed by atoms with Gasteiger partial charge >= 0.3 is 0 Å². The van der Waals surface area contributed by atoms with Gasteiger partial charge in [-0.25, -0.2) is 4.98 Å². The van der Waals surface area contributed by atoms with E-state index in [-0.39, 0.29) is 5.56 Å². The number of nitrogens with zero attached hydrogens (tertiary/aromatic N) is 4. The first-order valence-corrected chi connectivity index (χ1v) is 6.84. The highest BCUT2D eigenvalue weighted by Crippen LogP contribution is 2.33. The fraction of sp³-hybridized carbons (Fsp3) is 0.200. The Morgan fingerprint density at radius 2 is 2.16 bits per heavy atom. The van der Waals surface area contributed by atoms with E-state index in [0.29, 0.717) is 15.1 Å². The van der Waals surface area contributed by atoms with Crippen LogP contribution in [0.5, 0.6) is 0 Å². The summed E-state index contributed by atoms with van der Waals surface area (Å²) in [5.74, 6) is -0.570. The summed E-state index contributed by atoms with van der Waals surface area (Å²) in [7, 11) is 3.76. The first-order chi connectivity index (χ1) is 8.97. The fourth-order valence-electron chi connectivity index (χ4n) is 1.23. The Labute approximate surface area is 118 Å². The zero-order chi connectivity index (χ0) is 14.0. The molecule has 2 aromatic rings. The molecule has 2 heterocycles. The lowest BCUT2D eigenvalue weighted by Gasteiger charge is -2.04. The van der Waals surface area contributed by atoms with Gasteiger partial charge < -0.3 is 16.4 Å². The minimum atomic E-state index is -0.570. The van der Waals surface area contributed by atoms with Gasteiger partial charge in [-0.1, -0.05) is 11.3 Å². The highest BCUT2D eigenvalue weighted by atomic mass is 32.2. The third kappa shape index (κ3) is 3.12. The Kier molecular flexibility index (Phi) is 3.86. The first-order valence-electron chi connectivity index (χ1n) is 5.21. The lowest BCUT2D eigenvalue weighted by molar-refractivity contribution is 0.0997. The van der Waals surface area contributed by atoms with E-state index in [1.807, 2.05) is 19.0 Å². The van der Waals surface area contributed by atoms with Gasteiger partial charge in [-0.2, -0.15) is 0 Å². The molecule has 0 aromatic carbocycles. The zero-order valence-electron chi connectivity index (χ0n) is 10.3. The molecule has 0 bridgehead atoms. The van der Waals surface area contributed by atoms with Crippen molar-refractivity contribution in [2.75, 3.05) is 24.7 Å². The van der Waals surface area contributed by atoms with Crippen molar-refractivity contribution < 1.29 is 4.79 Å². The molecule has 9 heteroatoms. The molecule has 0 unspecified atom stereocenters. The molecule has 0 saturated heterocycles. The second kappa shape index (κ2) is 5.41. The van der Waals surface area contributed by atoms with Crippen LogP contribution in [0.15, 0.2) is 21.6 Å². The summed E-state index contributed by atoms with van der Waals surface area (Å²) in [6, 6.07) is 1.51. The van der Waals surface area contributed by atoms with Crippen molar-refractivity contribution in [3.05, 3.63) is 17.8 Å². The van der Waals surface area contributed by atoms with Gasteiger partial charge in [0.2, 0.25) is 5.13 Å². The molecule has 100 valence electrons. The summed E-state index contributed by atoms with van der Waals surface area (Å²) in [6.07, 6.45) is 1.47. The maximum atomic E-state index is 11.4. The molecule has 7 nitrogen and oxygen atoms in total. The first kappa shape index (κ1) is 13.6. The Balaban J connectivity index is 2.29. The second-order valence-corrected chi connectivity index (χ2v) is 6.02. The normalized spacial score (nSPS) is 10.4. The van der Waals surface area contributed by atoms with Crippen LogP contribution in [0.4, 0.5) is 10.8 Å². The second-order valence-electron chi connectivity index (χ2n) is 3.83. The van der Waals surface area contributed by atoms with E-state index in [2.05, 4.69) is 15.2 Å². The number of rotatable bonds is 4. The van der Waals surface area contributed by atoms with E-state index >= 15 is 0 Å². The number of nitrogens with two attached hydrogens (primary N) is 2. The third-order valence-electron chi connectivity index (χ3n) is 2.10. The Hall–Kier alpha value is -1.87. The predicted octanol–water partition coefficient (Wildman–Crippen LogP) is 0.831. The molecule has 19 heavy (non-hydrogen) atoms. The molecular weight excluding hydrogens is 284 g/mol. The van der Waals surface area contributed by atoms with Gasteiger partial charge in [-0.3, -0.25) is 4.79 Å².